The summed E-state index contributed by atoms with van der Waals surface area (Å²) in [7, 11) is 0. The zero-order valence-electron chi connectivity index (χ0n) is 11.2. The van der Waals surface area contributed by atoms with Crippen molar-refractivity contribution in [2.75, 3.05) is 11.9 Å². The molecule has 1 unspecified atom stereocenters. The Morgan fingerprint density at radius 2 is 1.79 bits per heavy atom. The molecule has 0 saturated heterocycles. The summed E-state index contributed by atoms with van der Waals surface area (Å²) in [5.74, 6) is 0. The summed E-state index contributed by atoms with van der Waals surface area (Å²) in [4.78, 5) is 0. The lowest BCUT2D eigenvalue weighted by Gasteiger charge is -2.19. The summed E-state index contributed by atoms with van der Waals surface area (Å²) in [6.07, 6.45) is 0. The Morgan fingerprint density at radius 3 is 2.37 bits per heavy atom. The van der Waals surface area contributed by atoms with Crippen LogP contribution in [0, 0.1) is 13.8 Å². The standard InChI is InChI=1S/C16H18ClNO/c1-11-6-12(2)8-13(7-11)16(10-19)18-15-5-3-4-14(17)9-15/h3-9,16,18-19H,10H2,1-2H3. The lowest BCUT2D eigenvalue weighted by Crippen LogP contribution is -2.15. The van der Waals surface area contributed by atoms with Gasteiger partial charge in [-0.15, -0.1) is 0 Å². The maximum absolute atomic E-state index is 9.60. The normalized spacial score (nSPS) is 12.2. The third-order valence-corrected chi connectivity index (χ3v) is 3.23. The number of benzene rings is 2. The average molecular weight is 276 g/mol. The number of hydrogen-bond donors (Lipinski definition) is 2. The van der Waals surface area contributed by atoms with Crippen LogP contribution in [0.15, 0.2) is 42.5 Å². The molecule has 0 saturated carbocycles. The van der Waals surface area contributed by atoms with Gasteiger partial charge in [-0.05, 0) is 37.6 Å². The van der Waals surface area contributed by atoms with Crippen LogP contribution in [0.1, 0.15) is 22.7 Å². The Bertz CT molecular complexity index is 548. The predicted octanol–water partition coefficient (Wildman–Crippen LogP) is 4.10. The van der Waals surface area contributed by atoms with Gasteiger partial charge in [-0.25, -0.2) is 0 Å². The molecular weight excluding hydrogens is 258 g/mol. The van der Waals surface area contributed by atoms with Crippen LogP contribution >= 0.6 is 11.6 Å². The highest BCUT2D eigenvalue weighted by Crippen LogP contribution is 2.23. The maximum atomic E-state index is 9.60. The van der Waals surface area contributed by atoms with Gasteiger partial charge < -0.3 is 10.4 Å². The van der Waals surface area contributed by atoms with Crippen molar-refractivity contribution >= 4 is 17.3 Å². The third-order valence-electron chi connectivity index (χ3n) is 2.99. The lowest BCUT2D eigenvalue weighted by molar-refractivity contribution is 0.276. The number of rotatable bonds is 4. The van der Waals surface area contributed by atoms with Crippen LogP contribution < -0.4 is 5.32 Å². The van der Waals surface area contributed by atoms with Gasteiger partial charge in [0, 0.05) is 10.7 Å². The molecule has 0 aliphatic rings. The quantitative estimate of drug-likeness (QED) is 0.880. The number of aliphatic hydroxyl groups is 1. The van der Waals surface area contributed by atoms with E-state index in [0.717, 1.165) is 11.3 Å². The van der Waals surface area contributed by atoms with Crippen LogP contribution in [0.25, 0.3) is 0 Å². The van der Waals surface area contributed by atoms with Gasteiger partial charge in [-0.1, -0.05) is 47.0 Å². The SMILES string of the molecule is Cc1cc(C)cc(C(CO)Nc2cccc(Cl)c2)c1. The van der Waals surface area contributed by atoms with Crippen LogP contribution in [0.4, 0.5) is 5.69 Å². The minimum Gasteiger partial charge on any atom is -0.394 e. The van der Waals surface area contributed by atoms with Crippen LogP contribution in [0.2, 0.25) is 5.02 Å². The van der Waals surface area contributed by atoms with Gasteiger partial charge in [-0.3, -0.25) is 0 Å². The molecule has 2 aromatic carbocycles. The third kappa shape index (κ3) is 3.72. The zero-order valence-corrected chi connectivity index (χ0v) is 11.9. The van der Waals surface area contributed by atoms with E-state index in [4.69, 9.17) is 11.6 Å². The number of halogens is 1. The monoisotopic (exact) mass is 275 g/mol. The van der Waals surface area contributed by atoms with E-state index in [1.165, 1.54) is 11.1 Å². The molecule has 0 aliphatic carbocycles. The number of aryl methyl sites for hydroxylation is 2. The second kappa shape index (κ2) is 6.09. The highest BCUT2D eigenvalue weighted by molar-refractivity contribution is 6.30. The summed E-state index contributed by atoms with van der Waals surface area (Å²) in [5, 5.41) is 13.6. The fraction of sp³-hybridized carbons (Fsp3) is 0.250. The minimum absolute atomic E-state index is 0.0371. The molecular formula is C16H18ClNO. The molecule has 19 heavy (non-hydrogen) atoms. The molecule has 2 rings (SSSR count). The maximum Gasteiger partial charge on any atom is 0.0745 e. The molecule has 3 heteroatoms. The fourth-order valence-corrected chi connectivity index (χ4v) is 2.42. The van der Waals surface area contributed by atoms with E-state index in [2.05, 4.69) is 37.4 Å². The second-order valence-corrected chi connectivity index (χ2v) is 5.25. The highest BCUT2D eigenvalue weighted by atomic mass is 35.5. The summed E-state index contributed by atoms with van der Waals surface area (Å²) in [5.41, 5.74) is 4.38. The van der Waals surface area contributed by atoms with Crippen molar-refractivity contribution in [1.82, 2.24) is 0 Å². The predicted molar refractivity (Wildman–Crippen MR) is 80.8 cm³/mol. The number of aliphatic hydroxyl groups excluding tert-OH is 1. The molecule has 0 amide bonds. The van der Waals surface area contributed by atoms with E-state index >= 15 is 0 Å². The largest absolute Gasteiger partial charge is 0.394 e. The molecule has 0 bridgehead atoms. The topological polar surface area (TPSA) is 32.3 Å². The van der Waals surface area contributed by atoms with Crippen molar-refractivity contribution in [3.05, 3.63) is 64.2 Å². The number of hydrogen-bond acceptors (Lipinski definition) is 2. The van der Waals surface area contributed by atoms with Gasteiger partial charge in [0.2, 0.25) is 0 Å². The van der Waals surface area contributed by atoms with E-state index in [0.29, 0.717) is 5.02 Å². The highest BCUT2D eigenvalue weighted by Gasteiger charge is 2.11. The van der Waals surface area contributed by atoms with E-state index < -0.39 is 0 Å². The molecule has 100 valence electrons. The minimum atomic E-state index is -0.128. The van der Waals surface area contributed by atoms with Crippen LogP contribution in [-0.4, -0.2) is 11.7 Å². The van der Waals surface area contributed by atoms with Gasteiger partial charge in [0.25, 0.3) is 0 Å². The summed E-state index contributed by atoms with van der Waals surface area (Å²) in [6.45, 7) is 4.16. The van der Waals surface area contributed by atoms with Gasteiger partial charge in [0.1, 0.15) is 0 Å². The number of anilines is 1. The van der Waals surface area contributed by atoms with Crippen LogP contribution in [0.3, 0.4) is 0 Å². The Morgan fingerprint density at radius 1 is 1.11 bits per heavy atom. The lowest BCUT2D eigenvalue weighted by atomic mass is 10.0. The molecule has 2 N–H and O–H groups in total. The first-order valence-electron chi connectivity index (χ1n) is 6.29. The molecule has 2 nitrogen and oxygen atoms in total. The smallest absolute Gasteiger partial charge is 0.0745 e. The number of nitrogens with one attached hydrogen (secondary N) is 1. The molecule has 0 aromatic heterocycles. The van der Waals surface area contributed by atoms with E-state index in [1.54, 1.807) is 0 Å². The van der Waals surface area contributed by atoms with E-state index in [-0.39, 0.29) is 12.6 Å². The van der Waals surface area contributed by atoms with E-state index in [9.17, 15) is 5.11 Å². The van der Waals surface area contributed by atoms with Crippen molar-refractivity contribution in [2.45, 2.75) is 19.9 Å². The first kappa shape index (κ1) is 13.9. The van der Waals surface area contributed by atoms with Crippen LogP contribution in [0.5, 0.6) is 0 Å². The molecule has 0 spiro atoms. The Labute approximate surface area is 119 Å². The summed E-state index contributed by atoms with van der Waals surface area (Å²) < 4.78 is 0. The van der Waals surface area contributed by atoms with Crippen molar-refractivity contribution in [3.8, 4) is 0 Å². The Kier molecular flexibility index (Phi) is 4.46. The fourth-order valence-electron chi connectivity index (χ4n) is 2.22. The molecule has 0 fully saturated rings. The van der Waals surface area contributed by atoms with Gasteiger partial charge >= 0.3 is 0 Å². The summed E-state index contributed by atoms with van der Waals surface area (Å²) in [6, 6.07) is 13.7. The Hall–Kier alpha value is -1.51. The second-order valence-electron chi connectivity index (χ2n) is 4.81. The van der Waals surface area contributed by atoms with Crippen molar-refractivity contribution in [3.63, 3.8) is 0 Å². The molecule has 2 aromatic rings. The van der Waals surface area contributed by atoms with Crippen molar-refractivity contribution in [1.29, 1.82) is 0 Å². The summed E-state index contributed by atoms with van der Waals surface area (Å²) >= 11 is 5.97. The Balaban J connectivity index is 2.24. The average Bonchev–Trinajstić information content (AvgIpc) is 2.34. The first-order chi connectivity index (χ1) is 9.08. The van der Waals surface area contributed by atoms with Crippen molar-refractivity contribution < 1.29 is 5.11 Å². The van der Waals surface area contributed by atoms with Crippen molar-refractivity contribution in [2.24, 2.45) is 0 Å². The van der Waals surface area contributed by atoms with Crippen LogP contribution in [-0.2, 0) is 0 Å². The molecule has 0 radical (unpaired) electrons. The first-order valence-corrected chi connectivity index (χ1v) is 6.67. The molecule has 0 aliphatic heterocycles. The molecule has 1 atom stereocenters. The molecule has 0 heterocycles. The van der Waals surface area contributed by atoms with Gasteiger partial charge in [0.15, 0.2) is 0 Å². The van der Waals surface area contributed by atoms with E-state index in [1.807, 2.05) is 24.3 Å². The van der Waals surface area contributed by atoms with Gasteiger partial charge in [-0.2, -0.15) is 0 Å². The van der Waals surface area contributed by atoms with Gasteiger partial charge in [0.05, 0.1) is 12.6 Å². The zero-order chi connectivity index (χ0) is 13.8.